The number of carbonyl (C=O) groups excluding carboxylic acids is 1. The van der Waals surface area contributed by atoms with E-state index < -0.39 is 0 Å². The first kappa shape index (κ1) is 18.6. The van der Waals surface area contributed by atoms with Crippen molar-refractivity contribution in [3.8, 4) is 11.3 Å². The van der Waals surface area contributed by atoms with Crippen molar-refractivity contribution in [1.82, 2.24) is 15.6 Å². The van der Waals surface area contributed by atoms with Crippen LogP contribution < -0.4 is 5.43 Å². The maximum absolute atomic E-state index is 12.2. The van der Waals surface area contributed by atoms with Crippen LogP contribution in [0.25, 0.3) is 11.3 Å². The van der Waals surface area contributed by atoms with Gasteiger partial charge in [0.05, 0.1) is 11.9 Å². The Morgan fingerprint density at radius 2 is 1.74 bits per heavy atom. The Balaban J connectivity index is 1.62. The summed E-state index contributed by atoms with van der Waals surface area (Å²) >= 11 is 0. The molecule has 2 aromatic carbocycles. The summed E-state index contributed by atoms with van der Waals surface area (Å²) in [5.41, 5.74) is 8.04. The number of benzene rings is 2. The van der Waals surface area contributed by atoms with Gasteiger partial charge in [-0.3, -0.25) is 9.89 Å². The maximum Gasteiger partial charge on any atom is 0.289 e. The normalized spacial score (nSPS) is 11.7. The molecule has 0 spiro atoms. The molecule has 0 aliphatic rings. The molecular weight excluding hydrogens is 336 g/mol. The highest BCUT2D eigenvalue weighted by molar-refractivity contribution is 5.94. The van der Waals surface area contributed by atoms with E-state index in [1.54, 1.807) is 12.3 Å². The molecule has 1 heterocycles. The van der Waals surface area contributed by atoms with Crippen molar-refractivity contribution in [2.75, 3.05) is 0 Å². The second-order valence-corrected chi connectivity index (χ2v) is 7.60. The first-order valence-electron chi connectivity index (χ1n) is 8.89. The maximum atomic E-state index is 12.2. The smallest absolute Gasteiger partial charge is 0.272 e. The molecule has 5 nitrogen and oxygen atoms in total. The van der Waals surface area contributed by atoms with Gasteiger partial charge in [-0.15, -0.1) is 0 Å². The first-order valence-corrected chi connectivity index (χ1v) is 8.89. The zero-order valence-electron chi connectivity index (χ0n) is 16.1. The number of aryl methyl sites for hydroxylation is 1. The summed E-state index contributed by atoms with van der Waals surface area (Å²) in [6.07, 6.45) is 1.63. The fourth-order valence-corrected chi connectivity index (χ4v) is 2.61. The van der Waals surface area contributed by atoms with E-state index in [4.69, 9.17) is 0 Å². The summed E-state index contributed by atoms with van der Waals surface area (Å²) in [5.74, 6) is -0.330. The zero-order chi connectivity index (χ0) is 19.4. The molecule has 0 atom stereocenters. The zero-order valence-corrected chi connectivity index (χ0v) is 16.1. The third-order valence-corrected chi connectivity index (χ3v) is 4.33. The van der Waals surface area contributed by atoms with Gasteiger partial charge in [-0.25, -0.2) is 5.43 Å². The standard InChI is InChI=1S/C22H24N4O/c1-15-5-9-17(10-6-15)19-13-20(25-24-19)21(27)26-23-14-16-7-11-18(12-8-16)22(2,3)4/h5-14H,1-4H3,(H,24,25)(H,26,27)/b23-14+. The Labute approximate surface area is 159 Å². The third kappa shape index (κ3) is 4.70. The van der Waals surface area contributed by atoms with Gasteiger partial charge in [-0.05, 0) is 29.5 Å². The number of hydrazone groups is 1. The average Bonchev–Trinajstić information content (AvgIpc) is 3.12. The minimum atomic E-state index is -0.330. The van der Waals surface area contributed by atoms with E-state index >= 15 is 0 Å². The second-order valence-electron chi connectivity index (χ2n) is 7.60. The minimum Gasteiger partial charge on any atom is -0.272 e. The van der Waals surface area contributed by atoms with Gasteiger partial charge in [0, 0.05) is 5.56 Å². The fourth-order valence-electron chi connectivity index (χ4n) is 2.61. The van der Waals surface area contributed by atoms with Gasteiger partial charge in [0.1, 0.15) is 5.69 Å². The summed E-state index contributed by atoms with van der Waals surface area (Å²) in [6, 6.07) is 17.8. The van der Waals surface area contributed by atoms with Crippen molar-refractivity contribution in [3.05, 3.63) is 77.0 Å². The van der Waals surface area contributed by atoms with Crippen LogP contribution in [0.3, 0.4) is 0 Å². The predicted octanol–water partition coefficient (Wildman–Crippen LogP) is 4.45. The van der Waals surface area contributed by atoms with Crippen molar-refractivity contribution in [1.29, 1.82) is 0 Å². The molecule has 0 aliphatic carbocycles. The van der Waals surface area contributed by atoms with Crippen LogP contribution in [0.5, 0.6) is 0 Å². The van der Waals surface area contributed by atoms with E-state index in [0.717, 1.165) is 16.8 Å². The molecule has 138 valence electrons. The van der Waals surface area contributed by atoms with Gasteiger partial charge in [0.15, 0.2) is 0 Å². The van der Waals surface area contributed by atoms with Crippen molar-refractivity contribution < 1.29 is 4.79 Å². The molecule has 0 unspecified atom stereocenters. The van der Waals surface area contributed by atoms with Crippen LogP contribution in [0.15, 0.2) is 59.7 Å². The van der Waals surface area contributed by atoms with Crippen LogP contribution in [0.1, 0.15) is 48.0 Å². The monoisotopic (exact) mass is 360 g/mol. The highest BCUT2D eigenvalue weighted by Crippen LogP contribution is 2.22. The number of aromatic nitrogens is 2. The molecule has 3 aromatic rings. The Bertz CT molecular complexity index is 945. The lowest BCUT2D eigenvalue weighted by Crippen LogP contribution is -2.18. The van der Waals surface area contributed by atoms with Gasteiger partial charge in [-0.1, -0.05) is 74.9 Å². The molecule has 0 bridgehead atoms. The summed E-state index contributed by atoms with van der Waals surface area (Å²) in [7, 11) is 0. The SMILES string of the molecule is Cc1ccc(-c2cc(C(=O)N/N=C/c3ccc(C(C)(C)C)cc3)[nH]n2)cc1. The topological polar surface area (TPSA) is 70.1 Å². The van der Waals surface area contributed by atoms with Crippen molar-refractivity contribution in [3.63, 3.8) is 0 Å². The highest BCUT2D eigenvalue weighted by atomic mass is 16.2. The van der Waals surface area contributed by atoms with E-state index in [-0.39, 0.29) is 11.3 Å². The summed E-state index contributed by atoms with van der Waals surface area (Å²) in [4.78, 5) is 12.2. The molecule has 27 heavy (non-hydrogen) atoms. The van der Waals surface area contributed by atoms with Gasteiger partial charge in [-0.2, -0.15) is 10.2 Å². The molecule has 1 amide bonds. The number of hydrogen-bond donors (Lipinski definition) is 2. The Morgan fingerprint density at radius 3 is 2.37 bits per heavy atom. The lowest BCUT2D eigenvalue weighted by atomic mass is 9.87. The van der Waals surface area contributed by atoms with E-state index in [1.807, 2.05) is 43.3 Å². The van der Waals surface area contributed by atoms with Crippen LogP contribution >= 0.6 is 0 Å². The summed E-state index contributed by atoms with van der Waals surface area (Å²) in [6.45, 7) is 8.55. The average molecular weight is 360 g/mol. The molecule has 1 aromatic heterocycles. The number of H-pyrrole nitrogens is 1. The molecule has 3 rings (SSSR count). The number of nitrogens with one attached hydrogen (secondary N) is 2. The van der Waals surface area contributed by atoms with Crippen molar-refractivity contribution in [2.24, 2.45) is 5.10 Å². The number of carbonyl (C=O) groups is 1. The van der Waals surface area contributed by atoms with Crippen LogP contribution in [-0.4, -0.2) is 22.3 Å². The number of nitrogens with zero attached hydrogens (tertiary/aromatic N) is 2. The molecule has 0 saturated heterocycles. The molecule has 0 aliphatic heterocycles. The largest absolute Gasteiger partial charge is 0.289 e. The molecule has 5 heteroatoms. The Kier molecular flexibility index (Phi) is 5.21. The second kappa shape index (κ2) is 7.58. The van der Waals surface area contributed by atoms with E-state index in [2.05, 4.69) is 53.6 Å². The van der Waals surface area contributed by atoms with Crippen LogP contribution in [-0.2, 0) is 5.41 Å². The van der Waals surface area contributed by atoms with Gasteiger partial charge in [0.25, 0.3) is 5.91 Å². The van der Waals surface area contributed by atoms with Crippen molar-refractivity contribution in [2.45, 2.75) is 33.1 Å². The summed E-state index contributed by atoms with van der Waals surface area (Å²) in [5, 5.41) is 11.0. The molecule has 0 saturated carbocycles. The molecule has 0 fully saturated rings. The van der Waals surface area contributed by atoms with Crippen molar-refractivity contribution >= 4 is 12.1 Å². The highest BCUT2D eigenvalue weighted by Gasteiger charge is 2.13. The molecule has 2 N–H and O–H groups in total. The van der Waals surface area contributed by atoms with Crippen LogP contribution in [0.2, 0.25) is 0 Å². The lowest BCUT2D eigenvalue weighted by molar-refractivity contribution is 0.0950. The predicted molar refractivity (Wildman–Crippen MR) is 109 cm³/mol. The number of amides is 1. The Morgan fingerprint density at radius 1 is 1.07 bits per heavy atom. The Hall–Kier alpha value is -3.21. The third-order valence-electron chi connectivity index (χ3n) is 4.33. The fraction of sp³-hybridized carbons (Fsp3) is 0.227. The van der Waals surface area contributed by atoms with Crippen LogP contribution in [0.4, 0.5) is 0 Å². The number of aromatic amines is 1. The lowest BCUT2D eigenvalue weighted by Gasteiger charge is -2.18. The van der Waals surface area contributed by atoms with Gasteiger partial charge in [0.2, 0.25) is 0 Å². The van der Waals surface area contributed by atoms with E-state index in [0.29, 0.717) is 5.69 Å². The van der Waals surface area contributed by atoms with Crippen LogP contribution in [0, 0.1) is 6.92 Å². The van der Waals surface area contributed by atoms with E-state index in [1.165, 1.54) is 11.1 Å². The quantitative estimate of drug-likeness (QED) is 0.533. The van der Waals surface area contributed by atoms with Gasteiger partial charge < -0.3 is 0 Å². The molecular formula is C22H24N4O. The molecule has 0 radical (unpaired) electrons. The van der Waals surface area contributed by atoms with E-state index in [9.17, 15) is 4.79 Å². The summed E-state index contributed by atoms with van der Waals surface area (Å²) < 4.78 is 0. The first-order chi connectivity index (χ1) is 12.8. The van der Waals surface area contributed by atoms with Gasteiger partial charge >= 0.3 is 0 Å². The minimum absolute atomic E-state index is 0.111. The number of rotatable bonds is 4. The number of hydrogen-bond acceptors (Lipinski definition) is 3.